The van der Waals surface area contributed by atoms with Crippen LogP contribution in [0.15, 0.2) is 36.4 Å². The van der Waals surface area contributed by atoms with Crippen LogP contribution in [0.3, 0.4) is 0 Å². The van der Waals surface area contributed by atoms with Gasteiger partial charge in [0, 0.05) is 13.1 Å². The number of carbonyl (C=O) groups is 1. The van der Waals surface area contributed by atoms with Gasteiger partial charge in [0.25, 0.3) is 5.91 Å². The second kappa shape index (κ2) is 7.02. The van der Waals surface area contributed by atoms with Crippen LogP contribution in [0.25, 0.3) is 0 Å². The lowest BCUT2D eigenvalue weighted by atomic mass is 9.97. The Morgan fingerprint density at radius 2 is 2.04 bits per heavy atom. The highest BCUT2D eigenvalue weighted by Crippen LogP contribution is 2.24. The van der Waals surface area contributed by atoms with E-state index in [1.807, 2.05) is 12.1 Å². The van der Waals surface area contributed by atoms with E-state index >= 15 is 0 Å². The van der Waals surface area contributed by atoms with E-state index in [0.29, 0.717) is 18.7 Å². The maximum absolute atomic E-state index is 14.0. The number of nitrogens with zero attached hydrogens (tertiary/aromatic N) is 2. The van der Waals surface area contributed by atoms with E-state index in [0.717, 1.165) is 24.5 Å². The molecular formula is C20H18F2N2O. The molecule has 1 aliphatic heterocycles. The summed E-state index contributed by atoms with van der Waals surface area (Å²) >= 11 is 0. The Morgan fingerprint density at radius 1 is 1.24 bits per heavy atom. The van der Waals surface area contributed by atoms with Crippen molar-refractivity contribution in [2.45, 2.75) is 19.8 Å². The zero-order valence-corrected chi connectivity index (χ0v) is 13.9. The summed E-state index contributed by atoms with van der Waals surface area (Å²) in [6, 6.07) is 10.8. The minimum absolute atomic E-state index is 0.00252. The summed E-state index contributed by atoms with van der Waals surface area (Å²) in [4.78, 5) is 14.2. The highest BCUT2D eigenvalue weighted by Gasteiger charge is 2.28. The lowest BCUT2D eigenvalue weighted by Gasteiger charge is -2.17. The van der Waals surface area contributed by atoms with Crippen molar-refractivity contribution in [2.24, 2.45) is 5.92 Å². The molecule has 1 atom stereocenters. The summed E-state index contributed by atoms with van der Waals surface area (Å²) in [7, 11) is 0. The fourth-order valence-corrected chi connectivity index (χ4v) is 3.28. The molecule has 0 spiro atoms. The Labute approximate surface area is 145 Å². The van der Waals surface area contributed by atoms with Gasteiger partial charge in [-0.1, -0.05) is 12.1 Å². The Kier molecular flexibility index (Phi) is 4.80. The molecule has 0 bridgehead atoms. The number of halogens is 2. The van der Waals surface area contributed by atoms with E-state index in [2.05, 4.69) is 0 Å². The van der Waals surface area contributed by atoms with Crippen LogP contribution < -0.4 is 0 Å². The molecule has 0 aromatic heterocycles. The number of nitriles is 1. The molecule has 1 aliphatic rings. The monoisotopic (exact) mass is 340 g/mol. The Morgan fingerprint density at radius 3 is 2.72 bits per heavy atom. The third kappa shape index (κ3) is 3.69. The average Bonchev–Trinajstić information content (AvgIpc) is 3.06. The van der Waals surface area contributed by atoms with Crippen molar-refractivity contribution >= 4 is 5.91 Å². The number of aryl methyl sites for hydroxylation is 1. The molecule has 0 saturated carbocycles. The lowest BCUT2D eigenvalue weighted by molar-refractivity contribution is 0.0782. The summed E-state index contributed by atoms with van der Waals surface area (Å²) in [6.07, 6.45) is 1.60. The molecule has 1 heterocycles. The highest BCUT2D eigenvalue weighted by molar-refractivity contribution is 5.94. The molecule has 5 heteroatoms. The summed E-state index contributed by atoms with van der Waals surface area (Å²) in [6.45, 7) is 2.86. The van der Waals surface area contributed by atoms with Gasteiger partial charge in [0.05, 0.1) is 17.2 Å². The zero-order valence-electron chi connectivity index (χ0n) is 13.9. The maximum Gasteiger partial charge on any atom is 0.256 e. The fourth-order valence-electron chi connectivity index (χ4n) is 3.28. The van der Waals surface area contributed by atoms with Crippen molar-refractivity contribution in [3.63, 3.8) is 0 Å². The van der Waals surface area contributed by atoms with Crippen LogP contribution in [-0.2, 0) is 6.42 Å². The summed E-state index contributed by atoms with van der Waals surface area (Å²) in [5, 5.41) is 8.78. The Balaban J connectivity index is 1.67. The predicted octanol–water partition coefficient (Wildman–Crippen LogP) is 3.85. The van der Waals surface area contributed by atoms with E-state index < -0.39 is 5.82 Å². The van der Waals surface area contributed by atoms with Crippen molar-refractivity contribution in [3.05, 3.63) is 70.3 Å². The molecular weight excluding hydrogens is 322 g/mol. The fraction of sp³-hybridized carbons (Fsp3) is 0.300. The normalized spacial score (nSPS) is 16.7. The number of benzene rings is 2. The first-order valence-corrected chi connectivity index (χ1v) is 8.22. The summed E-state index contributed by atoms with van der Waals surface area (Å²) < 4.78 is 27.4. The van der Waals surface area contributed by atoms with Crippen molar-refractivity contribution in [2.75, 3.05) is 13.1 Å². The lowest BCUT2D eigenvalue weighted by Crippen LogP contribution is -2.29. The van der Waals surface area contributed by atoms with Crippen molar-refractivity contribution < 1.29 is 13.6 Å². The van der Waals surface area contributed by atoms with E-state index in [1.54, 1.807) is 17.9 Å². The first-order chi connectivity index (χ1) is 12.0. The standard InChI is InChI=1S/C20H18F2N2O/c1-13-8-14(3-5-18(13)21)9-16-6-7-24(12-16)20(25)17-4-2-15(11-23)10-19(17)22/h2-5,8,10,16H,6-7,9,12H2,1H3. The van der Waals surface area contributed by atoms with Crippen LogP contribution in [0.1, 0.15) is 33.5 Å². The molecule has 25 heavy (non-hydrogen) atoms. The quantitative estimate of drug-likeness (QED) is 0.852. The molecule has 0 aliphatic carbocycles. The molecule has 2 aromatic rings. The van der Waals surface area contributed by atoms with Gasteiger partial charge in [-0.05, 0) is 61.1 Å². The molecule has 0 N–H and O–H groups in total. The third-order valence-corrected chi connectivity index (χ3v) is 4.65. The SMILES string of the molecule is Cc1cc(CC2CCN(C(=O)c3ccc(C#N)cc3F)C2)ccc1F. The van der Waals surface area contributed by atoms with Gasteiger partial charge in [0.2, 0.25) is 0 Å². The first kappa shape index (κ1) is 17.1. The Hall–Kier alpha value is -2.74. The Bertz CT molecular complexity index is 857. The van der Waals surface area contributed by atoms with Gasteiger partial charge in [0.1, 0.15) is 11.6 Å². The van der Waals surface area contributed by atoms with Crippen LogP contribution in [0.2, 0.25) is 0 Å². The molecule has 1 fully saturated rings. The molecule has 1 unspecified atom stereocenters. The summed E-state index contributed by atoms with van der Waals surface area (Å²) in [5.41, 5.74) is 1.85. The van der Waals surface area contributed by atoms with Crippen LogP contribution in [-0.4, -0.2) is 23.9 Å². The molecule has 3 rings (SSSR count). The predicted molar refractivity (Wildman–Crippen MR) is 90.0 cm³/mol. The number of amides is 1. The second-order valence-electron chi connectivity index (χ2n) is 6.50. The molecule has 3 nitrogen and oxygen atoms in total. The maximum atomic E-state index is 14.0. The van der Waals surface area contributed by atoms with Crippen molar-refractivity contribution in [1.29, 1.82) is 5.26 Å². The minimum atomic E-state index is -0.665. The molecule has 0 radical (unpaired) electrons. The van der Waals surface area contributed by atoms with Crippen LogP contribution in [0.5, 0.6) is 0 Å². The van der Waals surface area contributed by atoms with Crippen molar-refractivity contribution in [1.82, 2.24) is 4.90 Å². The number of likely N-dealkylation sites (tertiary alicyclic amines) is 1. The number of hydrogen-bond donors (Lipinski definition) is 0. The highest BCUT2D eigenvalue weighted by atomic mass is 19.1. The van der Waals surface area contributed by atoms with Gasteiger partial charge in [-0.3, -0.25) is 4.79 Å². The van der Waals surface area contributed by atoms with Crippen LogP contribution in [0.4, 0.5) is 8.78 Å². The van der Waals surface area contributed by atoms with E-state index in [4.69, 9.17) is 5.26 Å². The van der Waals surface area contributed by atoms with E-state index in [9.17, 15) is 13.6 Å². The van der Waals surface area contributed by atoms with Crippen LogP contribution in [0, 0.1) is 35.8 Å². The van der Waals surface area contributed by atoms with E-state index in [-0.39, 0.29) is 28.8 Å². The summed E-state index contributed by atoms with van der Waals surface area (Å²) in [5.74, 6) is -0.958. The number of carbonyl (C=O) groups excluding carboxylic acids is 1. The zero-order chi connectivity index (χ0) is 18.0. The molecule has 2 aromatic carbocycles. The average molecular weight is 340 g/mol. The smallest absolute Gasteiger partial charge is 0.256 e. The minimum Gasteiger partial charge on any atom is -0.338 e. The first-order valence-electron chi connectivity index (χ1n) is 8.22. The van der Waals surface area contributed by atoms with Gasteiger partial charge in [-0.25, -0.2) is 8.78 Å². The third-order valence-electron chi connectivity index (χ3n) is 4.65. The van der Waals surface area contributed by atoms with Crippen molar-refractivity contribution in [3.8, 4) is 6.07 Å². The largest absolute Gasteiger partial charge is 0.338 e. The van der Waals surface area contributed by atoms with Gasteiger partial charge in [-0.15, -0.1) is 0 Å². The van der Waals surface area contributed by atoms with Gasteiger partial charge in [-0.2, -0.15) is 5.26 Å². The van der Waals surface area contributed by atoms with Crippen LogP contribution >= 0.6 is 0 Å². The van der Waals surface area contributed by atoms with E-state index in [1.165, 1.54) is 18.2 Å². The molecule has 128 valence electrons. The van der Waals surface area contributed by atoms with Gasteiger partial charge in [0.15, 0.2) is 0 Å². The van der Waals surface area contributed by atoms with Gasteiger partial charge < -0.3 is 4.90 Å². The van der Waals surface area contributed by atoms with Gasteiger partial charge >= 0.3 is 0 Å². The molecule has 1 amide bonds. The second-order valence-corrected chi connectivity index (χ2v) is 6.50. The number of rotatable bonds is 3. The molecule has 1 saturated heterocycles. The topological polar surface area (TPSA) is 44.1 Å². The number of hydrogen-bond acceptors (Lipinski definition) is 2.